The van der Waals surface area contributed by atoms with Crippen molar-refractivity contribution in [2.45, 2.75) is 12.3 Å². The third-order valence-corrected chi connectivity index (χ3v) is 3.92. The maximum atomic E-state index is 12.1. The van der Waals surface area contributed by atoms with Gasteiger partial charge in [0.05, 0.1) is 6.54 Å². The van der Waals surface area contributed by atoms with E-state index in [2.05, 4.69) is 5.32 Å². The lowest BCUT2D eigenvalue weighted by Gasteiger charge is -2.15. The molecule has 3 rings (SSSR count). The lowest BCUT2D eigenvalue weighted by molar-refractivity contribution is -0.122. The van der Waals surface area contributed by atoms with Gasteiger partial charge in [-0.15, -0.1) is 0 Å². The average molecular weight is 294 g/mol. The van der Waals surface area contributed by atoms with Crippen molar-refractivity contribution >= 4 is 17.5 Å². The van der Waals surface area contributed by atoms with Gasteiger partial charge < -0.3 is 14.8 Å². The summed E-state index contributed by atoms with van der Waals surface area (Å²) in [7, 11) is 0. The summed E-state index contributed by atoms with van der Waals surface area (Å²) in [5.74, 6) is 0.964. The molecule has 0 radical (unpaired) electrons. The summed E-state index contributed by atoms with van der Waals surface area (Å²) < 4.78 is 10.5. The highest BCUT2D eigenvalue weighted by atomic mass is 35.5. The predicted octanol–water partition coefficient (Wildman–Crippen LogP) is 2.45. The van der Waals surface area contributed by atoms with Crippen LogP contribution in [0.15, 0.2) is 36.3 Å². The van der Waals surface area contributed by atoms with Crippen LogP contribution in [0.4, 0.5) is 0 Å². The number of ether oxygens (including phenoxy) is 2. The molecule has 0 aromatic heterocycles. The number of nitrogens with one attached hydrogen (secondary N) is 1. The van der Waals surface area contributed by atoms with Gasteiger partial charge in [-0.2, -0.15) is 0 Å². The summed E-state index contributed by atoms with van der Waals surface area (Å²) in [6.07, 6.45) is 2.41. The number of rotatable bonds is 4. The molecule has 1 aromatic rings. The number of halogens is 1. The monoisotopic (exact) mass is 293 g/mol. The van der Waals surface area contributed by atoms with Crippen molar-refractivity contribution in [1.82, 2.24) is 5.32 Å². The van der Waals surface area contributed by atoms with Crippen LogP contribution < -0.4 is 5.32 Å². The SMILES string of the molecule is O=C(NCC1=COCCO1)[C@H]1C[C@H]1c1ccccc1Cl. The Morgan fingerprint density at radius 2 is 2.20 bits per heavy atom. The average Bonchev–Trinajstić information content (AvgIpc) is 3.27. The molecule has 0 unspecified atom stereocenters. The van der Waals surface area contributed by atoms with Gasteiger partial charge in [0.25, 0.3) is 0 Å². The highest BCUT2D eigenvalue weighted by Gasteiger charge is 2.44. The van der Waals surface area contributed by atoms with E-state index in [0.717, 1.165) is 17.0 Å². The zero-order valence-electron chi connectivity index (χ0n) is 11.0. The van der Waals surface area contributed by atoms with Crippen LogP contribution in [-0.2, 0) is 14.3 Å². The van der Waals surface area contributed by atoms with Crippen molar-refractivity contribution in [3.8, 4) is 0 Å². The molecule has 1 heterocycles. The molecule has 1 amide bonds. The van der Waals surface area contributed by atoms with Gasteiger partial charge in [-0.1, -0.05) is 29.8 Å². The third kappa shape index (κ3) is 2.90. The van der Waals surface area contributed by atoms with Gasteiger partial charge in [-0.25, -0.2) is 0 Å². The molecular weight excluding hydrogens is 278 g/mol. The van der Waals surface area contributed by atoms with Crippen LogP contribution in [0, 0.1) is 5.92 Å². The minimum absolute atomic E-state index is 0.0139. The normalized spacial score (nSPS) is 24.1. The van der Waals surface area contributed by atoms with Crippen molar-refractivity contribution in [2.24, 2.45) is 5.92 Å². The summed E-state index contributed by atoms with van der Waals surface area (Å²) in [6, 6.07) is 7.70. The largest absolute Gasteiger partial charge is 0.494 e. The lowest BCUT2D eigenvalue weighted by Crippen LogP contribution is -2.29. The molecule has 0 bridgehead atoms. The molecule has 106 valence electrons. The molecule has 1 saturated carbocycles. The minimum atomic E-state index is 0.0139. The molecule has 1 N–H and O–H groups in total. The van der Waals surface area contributed by atoms with Gasteiger partial charge in [0.1, 0.15) is 25.2 Å². The molecule has 1 fully saturated rings. The van der Waals surface area contributed by atoms with E-state index >= 15 is 0 Å². The van der Waals surface area contributed by atoms with Gasteiger partial charge in [-0.3, -0.25) is 4.79 Å². The van der Waals surface area contributed by atoms with Crippen molar-refractivity contribution < 1.29 is 14.3 Å². The van der Waals surface area contributed by atoms with Crippen molar-refractivity contribution in [2.75, 3.05) is 19.8 Å². The summed E-state index contributed by atoms with van der Waals surface area (Å²) >= 11 is 6.15. The van der Waals surface area contributed by atoms with Gasteiger partial charge in [0.15, 0.2) is 0 Å². The van der Waals surface area contributed by atoms with Gasteiger partial charge in [0, 0.05) is 10.9 Å². The van der Waals surface area contributed by atoms with E-state index in [0.29, 0.717) is 25.5 Å². The van der Waals surface area contributed by atoms with E-state index < -0.39 is 0 Å². The third-order valence-electron chi connectivity index (χ3n) is 3.57. The number of hydrogen-bond donors (Lipinski definition) is 1. The quantitative estimate of drug-likeness (QED) is 0.927. The van der Waals surface area contributed by atoms with Crippen molar-refractivity contribution in [1.29, 1.82) is 0 Å². The van der Waals surface area contributed by atoms with Crippen LogP contribution in [0.3, 0.4) is 0 Å². The molecule has 4 nitrogen and oxygen atoms in total. The van der Waals surface area contributed by atoms with Gasteiger partial charge in [0.2, 0.25) is 5.91 Å². The Morgan fingerprint density at radius 1 is 1.35 bits per heavy atom. The summed E-state index contributed by atoms with van der Waals surface area (Å²) in [4.78, 5) is 12.1. The Bertz CT molecular complexity index is 544. The second kappa shape index (κ2) is 5.75. The molecule has 0 saturated heterocycles. The first-order valence-corrected chi connectivity index (χ1v) is 7.09. The molecule has 1 aliphatic heterocycles. The highest BCUT2D eigenvalue weighted by molar-refractivity contribution is 6.31. The fourth-order valence-electron chi connectivity index (χ4n) is 2.41. The maximum absolute atomic E-state index is 12.1. The van der Waals surface area contributed by atoms with Crippen molar-refractivity contribution in [3.63, 3.8) is 0 Å². The van der Waals surface area contributed by atoms with Crippen LogP contribution in [0.5, 0.6) is 0 Å². The Balaban J connectivity index is 1.53. The first-order chi connectivity index (χ1) is 9.75. The first kappa shape index (κ1) is 13.3. The zero-order valence-corrected chi connectivity index (χ0v) is 11.7. The van der Waals surface area contributed by atoms with E-state index in [9.17, 15) is 4.79 Å². The van der Waals surface area contributed by atoms with Crippen LogP contribution in [0.1, 0.15) is 17.9 Å². The second-order valence-corrected chi connectivity index (χ2v) is 5.40. The van der Waals surface area contributed by atoms with E-state index in [1.165, 1.54) is 0 Å². The van der Waals surface area contributed by atoms with E-state index in [1.807, 2.05) is 24.3 Å². The Morgan fingerprint density at radius 3 is 2.95 bits per heavy atom. The fourth-order valence-corrected chi connectivity index (χ4v) is 2.68. The zero-order chi connectivity index (χ0) is 13.9. The topological polar surface area (TPSA) is 47.6 Å². The predicted molar refractivity (Wildman–Crippen MR) is 75.3 cm³/mol. The maximum Gasteiger partial charge on any atom is 0.224 e. The molecule has 0 spiro atoms. The minimum Gasteiger partial charge on any atom is -0.494 e. The first-order valence-electron chi connectivity index (χ1n) is 6.71. The Labute approximate surface area is 122 Å². The Hall–Kier alpha value is -1.68. The molecule has 2 aliphatic rings. The van der Waals surface area contributed by atoms with Crippen molar-refractivity contribution in [3.05, 3.63) is 46.9 Å². The summed E-state index contributed by atoms with van der Waals surface area (Å²) in [5.41, 5.74) is 1.06. The number of carbonyl (C=O) groups is 1. The van der Waals surface area contributed by atoms with Crippen LogP contribution in [0.2, 0.25) is 5.02 Å². The molecule has 20 heavy (non-hydrogen) atoms. The summed E-state index contributed by atoms with van der Waals surface area (Å²) in [6.45, 7) is 1.48. The van der Waals surface area contributed by atoms with Gasteiger partial charge >= 0.3 is 0 Å². The fraction of sp³-hybridized carbons (Fsp3) is 0.400. The highest BCUT2D eigenvalue weighted by Crippen LogP contribution is 2.49. The van der Waals surface area contributed by atoms with Gasteiger partial charge in [-0.05, 0) is 24.0 Å². The van der Waals surface area contributed by atoms with Crippen LogP contribution in [-0.4, -0.2) is 25.7 Å². The summed E-state index contributed by atoms with van der Waals surface area (Å²) in [5, 5.41) is 3.61. The van der Waals surface area contributed by atoms with Crippen LogP contribution >= 0.6 is 11.6 Å². The standard InChI is InChI=1S/C15H16ClNO3/c16-14-4-2-1-3-11(14)12-7-13(12)15(18)17-8-10-9-19-5-6-20-10/h1-4,9,12-13H,5-8H2,(H,17,18)/t12-,13-/m0/s1. The molecule has 2 atom stereocenters. The molecule has 1 aromatic carbocycles. The number of benzene rings is 1. The number of amides is 1. The Kier molecular flexibility index (Phi) is 3.83. The van der Waals surface area contributed by atoms with E-state index in [1.54, 1.807) is 6.26 Å². The number of hydrogen-bond acceptors (Lipinski definition) is 3. The smallest absolute Gasteiger partial charge is 0.224 e. The lowest BCUT2D eigenvalue weighted by atomic mass is 10.1. The second-order valence-electron chi connectivity index (χ2n) is 4.99. The van der Waals surface area contributed by atoms with E-state index in [4.69, 9.17) is 21.1 Å². The van der Waals surface area contributed by atoms with Crippen LogP contribution in [0.25, 0.3) is 0 Å². The molecule has 5 heteroatoms. The molecular formula is C15H16ClNO3. The van der Waals surface area contributed by atoms with E-state index in [-0.39, 0.29) is 17.7 Å². The molecule has 1 aliphatic carbocycles. The number of carbonyl (C=O) groups excluding carboxylic acids is 1.